The van der Waals surface area contributed by atoms with Gasteiger partial charge in [-0.25, -0.2) is 0 Å². The lowest BCUT2D eigenvalue weighted by Crippen LogP contribution is -2.42. The normalized spacial score (nSPS) is 19.1. The quantitative estimate of drug-likeness (QED) is 0.843. The van der Waals surface area contributed by atoms with Gasteiger partial charge >= 0.3 is 0 Å². The summed E-state index contributed by atoms with van der Waals surface area (Å²) < 4.78 is 10.7. The molecule has 0 spiro atoms. The molecule has 1 N–H and O–H groups in total. The lowest BCUT2D eigenvalue weighted by Gasteiger charge is -2.41. The molecule has 18 heavy (non-hydrogen) atoms. The molecule has 1 aliphatic carbocycles. The van der Waals surface area contributed by atoms with E-state index in [0.717, 1.165) is 30.6 Å². The Morgan fingerprint density at radius 3 is 2.67 bits per heavy atom. The number of benzene rings is 1. The highest BCUT2D eigenvalue weighted by Crippen LogP contribution is 2.39. The maximum absolute atomic E-state index is 10.2. The van der Waals surface area contributed by atoms with Crippen LogP contribution < -0.4 is 4.74 Å². The van der Waals surface area contributed by atoms with E-state index in [2.05, 4.69) is 0 Å². The molecule has 0 bridgehead atoms. The predicted molar refractivity (Wildman–Crippen MR) is 70.9 cm³/mol. The van der Waals surface area contributed by atoms with Crippen molar-refractivity contribution in [3.8, 4) is 5.75 Å². The first-order valence-electron chi connectivity index (χ1n) is 6.54. The first-order chi connectivity index (χ1) is 8.67. The second-order valence-corrected chi connectivity index (χ2v) is 5.15. The monoisotopic (exact) mass is 250 g/mol. The molecule has 1 saturated carbocycles. The zero-order valence-electron chi connectivity index (χ0n) is 11.2. The van der Waals surface area contributed by atoms with Crippen molar-refractivity contribution in [2.75, 3.05) is 14.2 Å². The van der Waals surface area contributed by atoms with Crippen molar-refractivity contribution < 1.29 is 14.6 Å². The maximum Gasteiger partial charge on any atom is 0.119 e. The van der Waals surface area contributed by atoms with Gasteiger partial charge in [-0.3, -0.25) is 0 Å². The minimum atomic E-state index is -0.350. The summed E-state index contributed by atoms with van der Waals surface area (Å²) >= 11 is 0. The van der Waals surface area contributed by atoms with Crippen molar-refractivity contribution in [1.29, 1.82) is 0 Å². The van der Waals surface area contributed by atoms with Gasteiger partial charge in [-0.1, -0.05) is 12.1 Å². The van der Waals surface area contributed by atoms with Crippen molar-refractivity contribution in [1.82, 2.24) is 0 Å². The molecule has 1 aromatic rings. The maximum atomic E-state index is 10.2. The highest BCUT2D eigenvalue weighted by atomic mass is 16.5. The van der Waals surface area contributed by atoms with Crippen LogP contribution in [0.3, 0.4) is 0 Å². The van der Waals surface area contributed by atoms with E-state index in [1.54, 1.807) is 14.2 Å². The molecular weight excluding hydrogens is 228 g/mol. The average molecular weight is 250 g/mol. The van der Waals surface area contributed by atoms with Crippen LogP contribution in [0.4, 0.5) is 0 Å². The van der Waals surface area contributed by atoms with E-state index in [9.17, 15) is 5.11 Å². The van der Waals surface area contributed by atoms with Gasteiger partial charge in [-0.15, -0.1) is 0 Å². The number of ether oxygens (including phenoxy) is 2. The molecule has 3 nitrogen and oxygen atoms in total. The topological polar surface area (TPSA) is 38.7 Å². The largest absolute Gasteiger partial charge is 0.497 e. The SMILES string of the molecule is COc1cccc(CC(O)CC2(OC)CCC2)c1. The summed E-state index contributed by atoms with van der Waals surface area (Å²) in [6.45, 7) is 0. The van der Waals surface area contributed by atoms with Gasteiger partial charge < -0.3 is 14.6 Å². The van der Waals surface area contributed by atoms with Crippen LogP contribution in [0.5, 0.6) is 5.75 Å². The molecular formula is C15H22O3. The van der Waals surface area contributed by atoms with Crippen molar-refractivity contribution in [3.63, 3.8) is 0 Å². The molecule has 1 atom stereocenters. The second-order valence-electron chi connectivity index (χ2n) is 5.15. The lowest BCUT2D eigenvalue weighted by molar-refractivity contribution is -0.0989. The first kappa shape index (κ1) is 13.4. The Morgan fingerprint density at radius 1 is 1.33 bits per heavy atom. The molecule has 1 fully saturated rings. The first-order valence-corrected chi connectivity index (χ1v) is 6.54. The fraction of sp³-hybridized carbons (Fsp3) is 0.600. The molecule has 0 amide bonds. The summed E-state index contributed by atoms with van der Waals surface area (Å²) in [5.74, 6) is 0.838. The molecule has 0 aromatic heterocycles. The molecule has 0 aliphatic heterocycles. The summed E-state index contributed by atoms with van der Waals surface area (Å²) in [7, 11) is 3.40. The number of hydrogen-bond donors (Lipinski definition) is 1. The van der Waals surface area contributed by atoms with Crippen molar-refractivity contribution in [2.24, 2.45) is 0 Å². The van der Waals surface area contributed by atoms with Crippen LogP contribution in [0.15, 0.2) is 24.3 Å². The van der Waals surface area contributed by atoms with E-state index in [1.165, 1.54) is 6.42 Å². The van der Waals surface area contributed by atoms with Gasteiger partial charge in [0, 0.05) is 13.5 Å². The van der Waals surface area contributed by atoms with Gasteiger partial charge in [0.05, 0.1) is 18.8 Å². The van der Waals surface area contributed by atoms with Gasteiger partial charge in [-0.2, -0.15) is 0 Å². The van der Waals surface area contributed by atoms with Gasteiger partial charge in [0.2, 0.25) is 0 Å². The van der Waals surface area contributed by atoms with Crippen molar-refractivity contribution >= 4 is 0 Å². The van der Waals surface area contributed by atoms with Crippen LogP contribution >= 0.6 is 0 Å². The minimum absolute atomic E-state index is 0.0711. The molecule has 100 valence electrons. The molecule has 1 unspecified atom stereocenters. The smallest absolute Gasteiger partial charge is 0.119 e. The summed E-state index contributed by atoms with van der Waals surface area (Å²) in [6, 6.07) is 7.87. The van der Waals surface area contributed by atoms with Crippen LogP contribution in [0.1, 0.15) is 31.2 Å². The Bertz CT molecular complexity index is 380. The van der Waals surface area contributed by atoms with Crippen molar-refractivity contribution in [2.45, 2.75) is 43.8 Å². The molecule has 0 heterocycles. The van der Waals surface area contributed by atoms with Crippen molar-refractivity contribution in [3.05, 3.63) is 29.8 Å². The summed E-state index contributed by atoms with van der Waals surface area (Å²) in [6.07, 6.45) is 4.37. The Balaban J connectivity index is 1.92. The van der Waals surface area contributed by atoms with E-state index < -0.39 is 0 Å². The number of hydrogen-bond acceptors (Lipinski definition) is 3. The average Bonchev–Trinajstić information content (AvgIpc) is 2.34. The zero-order valence-corrected chi connectivity index (χ0v) is 11.2. The Labute approximate surface area is 109 Å². The van der Waals surface area contributed by atoms with Crippen LogP contribution in [0.25, 0.3) is 0 Å². The summed E-state index contributed by atoms with van der Waals surface area (Å²) in [5, 5.41) is 10.2. The highest BCUT2D eigenvalue weighted by Gasteiger charge is 2.38. The van der Waals surface area contributed by atoms with Crippen LogP contribution in [-0.2, 0) is 11.2 Å². The zero-order chi connectivity index (χ0) is 13.0. The van der Waals surface area contributed by atoms with Gasteiger partial charge in [0.15, 0.2) is 0 Å². The van der Waals surface area contributed by atoms with E-state index in [4.69, 9.17) is 9.47 Å². The molecule has 3 heteroatoms. The van der Waals surface area contributed by atoms with E-state index >= 15 is 0 Å². The third kappa shape index (κ3) is 3.03. The standard InChI is InChI=1S/C15H22O3/c1-17-14-6-3-5-12(10-14)9-13(16)11-15(18-2)7-4-8-15/h3,5-6,10,13,16H,4,7-9,11H2,1-2H3. The molecule has 0 saturated heterocycles. The van der Waals surface area contributed by atoms with E-state index in [0.29, 0.717) is 6.42 Å². The Kier molecular flexibility index (Phi) is 4.25. The third-order valence-corrected chi connectivity index (χ3v) is 3.91. The number of rotatable bonds is 6. The second kappa shape index (κ2) is 5.72. The van der Waals surface area contributed by atoms with Gasteiger partial charge in [0.25, 0.3) is 0 Å². The number of aliphatic hydroxyl groups is 1. The third-order valence-electron chi connectivity index (χ3n) is 3.91. The molecule has 1 aliphatic rings. The predicted octanol–water partition coefficient (Wildman–Crippen LogP) is 2.56. The fourth-order valence-electron chi connectivity index (χ4n) is 2.64. The van der Waals surface area contributed by atoms with Crippen LogP contribution in [-0.4, -0.2) is 31.0 Å². The fourth-order valence-corrected chi connectivity index (χ4v) is 2.64. The minimum Gasteiger partial charge on any atom is -0.497 e. The lowest BCUT2D eigenvalue weighted by atomic mass is 9.75. The number of methoxy groups -OCH3 is 2. The summed E-state index contributed by atoms with van der Waals surface area (Å²) in [5.41, 5.74) is 1.03. The van der Waals surface area contributed by atoms with Gasteiger partial charge in [-0.05, 0) is 43.4 Å². The summed E-state index contributed by atoms with van der Waals surface area (Å²) in [4.78, 5) is 0. The van der Waals surface area contributed by atoms with Crippen LogP contribution in [0, 0.1) is 0 Å². The number of aliphatic hydroxyl groups excluding tert-OH is 1. The Hall–Kier alpha value is -1.06. The highest BCUT2D eigenvalue weighted by molar-refractivity contribution is 5.28. The van der Waals surface area contributed by atoms with Crippen LogP contribution in [0.2, 0.25) is 0 Å². The van der Waals surface area contributed by atoms with Gasteiger partial charge in [0.1, 0.15) is 5.75 Å². The Morgan fingerprint density at radius 2 is 2.11 bits per heavy atom. The molecule has 2 rings (SSSR count). The molecule has 0 radical (unpaired) electrons. The van der Waals surface area contributed by atoms with E-state index in [-0.39, 0.29) is 11.7 Å². The van der Waals surface area contributed by atoms with E-state index in [1.807, 2.05) is 24.3 Å². The molecule has 1 aromatic carbocycles.